The Hall–Kier alpha value is -1.10. The Balaban J connectivity index is 1.63. The molecular weight excluding hydrogens is 246 g/mol. The number of esters is 1. The Labute approximate surface area is 113 Å². The maximum absolute atomic E-state index is 12.1. The molecule has 0 aliphatic carbocycles. The number of nitrogens with one attached hydrogen (secondary N) is 1. The third-order valence-electron chi connectivity index (χ3n) is 4.99. The molecule has 3 saturated heterocycles. The van der Waals surface area contributed by atoms with E-state index < -0.39 is 0 Å². The van der Waals surface area contributed by atoms with Gasteiger partial charge in [0.15, 0.2) is 0 Å². The third-order valence-corrected chi connectivity index (χ3v) is 4.99. The minimum atomic E-state index is -0.364. The summed E-state index contributed by atoms with van der Waals surface area (Å²) in [5.41, 5.74) is -0.364. The average molecular weight is 267 g/mol. The summed E-state index contributed by atoms with van der Waals surface area (Å²) in [4.78, 5) is 23.9. The molecule has 5 heteroatoms. The van der Waals surface area contributed by atoms with Gasteiger partial charge in [0.25, 0.3) is 0 Å². The van der Waals surface area contributed by atoms with Crippen LogP contribution >= 0.6 is 0 Å². The molecule has 2 bridgehead atoms. The predicted octanol–water partition coefficient (Wildman–Crippen LogP) is 0.868. The van der Waals surface area contributed by atoms with E-state index in [1.54, 1.807) is 0 Å². The molecule has 0 aromatic heterocycles. The van der Waals surface area contributed by atoms with E-state index in [0.29, 0.717) is 6.54 Å². The van der Waals surface area contributed by atoms with Crippen molar-refractivity contribution in [3.05, 3.63) is 0 Å². The van der Waals surface area contributed by atoms with Crippen LogP contribution in [0.15, 0.2) is 0 Å². The quantitative estimate of drug-likeness (QED) is 0.768. The second-order valence-electron chi connectivity index (χ2n) is 6.49. The topological polar surface area (TPSA) is 64.6 Å². The summed E-state index contributed by atoms with van der Waals surface area (Å²) in [6.45, 7) is 6.37. The van der Waals surface area contributed by atoms with Crippen molar-refractivity contribution in [3.63, 3.8) is 0 Å². The van der Waals surface area contributed by atoms with Gasteiger partial charge in [-0.15, -0.1) is 0 Å². The Morgan fingerprint density at radius 3 is 2.84 bits per heavy atom. The number of fused-ring (bicyclic) bond motifs is 1. The molecule has 1 N–H and O–H groups in total. The van der Waals surface area contributed by atoms with Crippen molar-refractivity contribution in [3.8, 4) is 0 Å². The van der Waals surface area contributed by atoms with E-state index in [9.17, 15) is 9.59 Å². The average Bonchev–Trinajstić information content (AvgIpc) is 2.96. The van der Waals surface area contributed by atoms with Crippen molar-refractivity contribution < 1.29 is 19.1 Å². The van der Waals surface area contributed by atoms with Gasteiger partial charge < -0.3 is 14.8 Å². The summed E-state index contributed by atoms with van der Waals surface area (Å²) in [7, 11) is 0. The van der Waals surface area contributed by atoms with Crippen molar-refractivity contribution in [2.24, 2.45) is 17.3 Å². The van der Waals surface area contributed by atoms with Crippen molar-refractivity contribution in [2.45, 2.75) is 51.9 Å². The van der Waals surface area contributed by atoms with Crippen LogP contribution in [0.1, 0.15) is 33.6 Å². The highest BCUT2D eigenvalue weighted by molar-refractivity contribution is 5.82. The highest BCUT2D eigenvalue weighted by Gasteiger charge is 2.63. The smallest absolute Gasteiger partial charge is 0.312 e. The maximum Gasteiger partial charge on any atom is 0.312 e. The third kappa shape index (κ3) is 1.86. The Bertz CT molecular complexity index is 418. The van der Waals surface area contributed by atoms with E-state index in [4.69, 9.17) is 9.47 Å². The second kappa shape index (κ2) is 4.20. The lowest BCUT2D eigenvalue weighted by molar-refractivity contribution is -0.144. The van der Waals surface area contributed by atoms with E-state index in [1.165, 1.54) is 0 Å². The van der Waals surface area contributed by atoms with Gasteiger partial charge in [-0.2, -0.15) is 0 Å². The van der Waals surface area contributed by atoms with Crippen molar-refractivity contribution in [2.75, 3.05) is 6.54 Å². The Morgan fingerprint density at radius 2 is 2.16 bits per heavy atom. The van der Waals surface area contributed by atoms with Gasteiger partial charge in [0.1, 0.15) is 12.2 Å². The van der Waals surface area contributed by atoms with E-state index in [-0.39, 0.29) is 47.4 Å². The van der Waals surface area contributed by atoms with Gasteiger partial charge >= 0.3 is 5.97 Å². The van der Waals surface area contributed by atoms with Crippen LogP contribution in [-0.2, 0) is 19.1 Å². The second-order valence-corrected chi connectivity index (χ2v) is 6.49. The molecule has 5 nitrogen and oxygen atoms in total. The molecule has 106 valence electrons. The molecule has 1 amide bonds. The molecule has 3 aliphatic heterocycles. The molecular formula is C14H21NO4. The van der Waals surface area contributed by atoms with Crippen LogP contribution < -0.4 is 5.32 Å². The maximum atomic E-state index is 12.1. The molecule has 0 aromatic rings. The molecule has 3 fully saturated rings. The molecule has 3 rings (SSSR count). The molecule has 0 radical (unpaired) electrons. The molecule has 5 unspecified atom stereocenters. The fraction of sp³-hybridized carbons (Fsp3) is 0.857. The number of hydrogen-bond donors (Lipinski definition) is 1. The number of ether oxygens (including phenoxy) is 2. The van der Waals surface area contributed by atoms with Crippen LogP contribution in [0.5, 0.6) is 0 Å². The zero-order valence-corrected chi connectivity index (χ0v) is 11.6. The highest BCUT2D eigenvalue weighted by atomic mass is 16.6. The first-order valence-corrected chi connectivity index (χ1v) is 7.08. The summed E-state index contributed by atoms with van der Waals surface area (Å²) in [5.74, 6) is -0.202. The minimum absolute atomic E-state index is 0.0402. The first-order chi connectivity index (χ1) is 8.94. The van der Waals surface area contributed by atoms with E-state index >= 15 is 0 Å². The number of carbonyl (C=O) groups excluding carboxylic acids is 2. The molecule has 3 heterocycles. The van der Waals surface area contributed by atoms with E-state index in [2.05, 4.69) is 5.32 Å². The van der Waals surface area contributed by atoms with Crippen molar-refractivity contribution in [1.82, 2.24) is 5.32 Å². The van der Waals surface area contributed by atoms with Crippen LogP contribution in [0.3, 0.4) is 0 Å². The van der Waals surface area contributed by atoms with Crippen LogP contribution in [-0.4, -0.2) is 36.7 Å². The van der Waals surface area contributed by atoms with Gasteiger partial charge in [-0.25, -0.2) is 0 Å². The fourth-order valence-corrected chi connectivity index (χ4v) is 3.30. The summed E-state index contributed by atoms with van der Waals surface area (Å²) in [6.07, 6.45) is 1.53. The van der Waals surface area contributed by atoms with Gasteiger partial charge in [0.05, 0.1) is 12.0 Å². The minimum Gasteiger partial charge on any atom is -0.459 e. The van der Waals surface area contributed by atoms with Gasteiger partial charge in [-0.3, -0.25) is 9.59 Å². The summed E-state index contributed by atoms with van der Waals surface area (Å²) in [5, 5.41) is 2.98. The zero-order chi connectivity index (χ0) is 13.8. The molecule has 0 spiro atoms. The lowest BCUT2D eigenvalue weighted by Crippen LogP contribution is -2.43. The first kappa shape index (κ1) is 12.9. The van der Waals surface area contributed by atoms with E-state index in [1.807, 2.05) is 20.8 Å². The lowest BCUT2D eigenvalue weighted by Gasteiger charge is -2.25. The largest absolute Gasteiger partial charge is 0.459 e. The molecule has 3 aliphatic rings. The van der Waals surface area contributed by atoms with Crippen LogP contribution in [0.2, 0.25) is 0 Å². The monoisotopic (exact) mass is 267 g/mol. The van der Waals surface area contributed by atoms with Crippen molar-refractivity contribution >= 4 is 11.9 Å². The normalized spacial score (nSPS) is 39.5. The Kier molecular flexibility index (Phi) is 2.85. The van der Waals surface area contributed by atoms with Gasteiger partial charge in [0.2, 0.25) is 5.91 Å². The first-order valence-electron chi connectivity index (χ1n) is 7.08. The summed E-state index contributed by atoms with van der Waals surface area (Å²) < 4.78 is 11.1. The SMILES string of the molecule is CCC(C)(C)C(=O)NCC1C2CC3OC(=O)C1C3O2. The van der Waals surface area contributed by atoms with Gasteiger partial charge in [0, 0.05) is 24.3 Å². The van der Waals surface area contributed by atoms with Crippen LogP contribution in [0, 0.1) is 17.3 Å². The predicted molar refractivity (Wildman–Crippen MR) is 67.2 cm³/mol. The molecule has 0 aromatic carbocycles. The Morgan fingerprint density at radius 1 is 1.42 bits per heavy atom. The number of amides is 1. The number of hydrogen-bond acceptors (Lipinski definition) is 4. The summed E-state index contributed by atoms with van der Waals surface area (Å²) in [6, 6.07) is 0. The van der Waals surface area contributed by atoms with E-state index in [0.717, 1.165) is 12.8 Å². The fourth-order valence-electron chi connectivity index (χ4n) is 3.30. The highest BCUT2D eigenvalue weighted by Crippen LogP contribution is 2.49. The van der Waals surface area contributed by atoms with Crippen molar-refractivity contribution in [1.29, 1.82) is 0 Å². The zero-order valence-electron chi connectivity index (χ0n) is 11.6. The van der Waals surface area contributed by atoms with Gasteiger partial charge in [-0.1, -0.05) is 20.8 Å². The molecule has 0 saturated carbocycles. The van der Waals surface area contributed by atoms with Crippen LogP contribution in [0.25, 0.3) is 0 Å². The number of rotatable bonds is 4. The number of carbonyl (C=O) groups is 2. The van der Waals surface area contributed by atoms with Crippen LogP contribution in [0.4, 0.5) is 0 Å². The standard InChI is InChI=1S/C14H21NO4/c1-4-14(2,3)13(17)15-6-7-8-5-9-11(18-8)10(7)12(16)19-9/h7-11H,4-6H2,1-3H3,(H,15,17). The molecule has 19 heavy (non-hydrogen) atoms. The van der Waals surface area contributed by atoms with Gasteiger partial charge in [-0.05, 0) is 6.42 Å². The summed E-state index contributed by atoms with van der Waals surface area (Å²) >= 11 is 0. The lowest BCUT2D eigenvalue weighted by atomic mass is 9.79. The molecule has 5 atom stereocenters.